The fourth-order valence-electron chi connectivity index (χ4n) is 3.42. The Hall–Kier alpha value is -1.07. The van der Waals surface area contributed by atoms with Crippen LogP contribution in [0.5, 0.6) is 0 Å². The zero-order valence-corrected chi connectivity index (χ0v) is 17.7. The van der Waals surface area contributed by atoms with Crippen LogP contribution in [0, 0.1) is 0 Å². The van der Waals surface area contributed by atoms with Gasteiger partial charge in [0.2, 0.25) is 5.89 Å². The van der Waals surface area contributed by atoms with Crippen molar-refractivity contribution in [2.45, 2.75) is 58.8 Å². The predicted octanol–water partition coefficient (Wildman–Crippen LogP) is 0.839. The third kappa shape index (κ3) is 4.86. The molecule has 3 heterocycles. The van der Waals surface area contributed by atoms with E-state index in [0.29, 0.717) is 57.5 Å². The highest BCUT2D eigenvalue weighted by Crippen LogP contribution is 2.21. The van der Waals surface area contributed by atoms with Crippen molar-refractivity contribution in [3.8, 4) is 0 Å². The van der Waals surface area contributed by atoms with E-state index in [1.165, 1.54) is 0 Å². The van der Waals surface area contributed by atoms with Crippen molar-refractivity contribution >= 4 is 10.2 Å². The van der Waals surface area contributed by atoms with Gasteiger partial charge in [-0.1, -0.05) is 25.9 Å². The van der Waals surface area contributed by atoms with Crippen LogP contribution in [0.1, 0.15) is 46.3 Å². The van der Waals surface area contributed by atoms with Crippen molar-refractivity contribution in [3.63, 3.8) is 0 Å². The molecular formula is C17H31N5O4S. The molecule has 1 aromatic rings. The van der Waals surface area contributed by atoms with E-state index in [-0.39, 0.29) is 17.6 Å². The molecule has 1 aromatic heterocycles. The lowest BCUT2D eigenvalue weighted by atomic mass is 9.97. The SMILES string of the molecule is CC1CN(S(=O)(=O)N2CCN(Cc3noc(C(C)(C)C)n3)CC2)CC(C)O1. The van der Waals surface area contributed by atoms with Crippen molar-refractivity contribution in [1.82, 2.24) is 23.7 Å². The third-order valence-electron chi connectivity index (χ3n) is 4.84. The van der Waals surface area contributed by atoms with Gasteiger partial charge in [-0.3, -0.25) is 4.90 Å². The molecule has 0 amide bonds. The zero-order chi connectivity index (χ0) is 19.8. The van der Waals surface area contributed by atoms with Crippen LogP contribution in [0.15, 0.2) is 4.52 Å². The third-order valence-corrected chi connectivity index (χ3v) is 6.81. The van der Waals surface area contributed by atoms with Crippen LogP contribution < -0.4 is 0 Å². The van der Waals surface area contributed by atoms with Crippen molar-refractivity contribution in [1.29, 1.82) is 0 Å². The second-order valence-corrected chi connectivity index (χ2v) is 10.5. The minimum atomic E-state index is -3.45. The summed E-state index contributed by atoms with van der Waals surface area (Å²) < 4.78 is 40.0. The van der Waals surface area contributed by atoms with E-state index in [0.717, 1.165) is 0 Å². The van der Waals surface area contributed by atoms with E-state index >= 15 is 0 Å². The molecule has 2 aliphatic rings. The van der Waals surface area contributed by atoms with Crippen LogP contribution in [0.4, 0.5) is 0 Å². The first kappa shape index (κ1) is 20.7. The van der Waals surface area contributed by atoms with Crippen LogP contribution in [0.25, 0.3) is 0 Å². The molecule has 2 aliphatic heterocycles. The Morgan fingerprint density at radius 3 is 2.15 bits per heavy atom. The Balaban J connectivity index is 1.56. The van der Waals surface area contributed by atoms with E-state index in [1.54, 1.807) is 8.61 Å². The van der Waals surface area contributed by atoms with E-state index < -0.39 is 10.2 Å². The summed E-state index contributed by atoms with van der Waals surface area (Å²) in [5.74, 6) is 1.27. The normalized spacial score (nSPS) is 27.1. The van der Waals surface area contributed by atoms with E-state index in [1.807, 2.05) is 34.6 Å². The maximum absolute atomic E-state index is 12.9. The molecule has 154 valence electrons. The van der Waals surface area contributed by atoms with Gasteiger partial charge in [-0.15, -0.1) is 0 Å². The fraction of sp³-hybridized carbons (Fsp3) is 0.882. The summed E-state index contributed by atoms with van der Waals surface area (Å²) in [5, 5.41) is 4.05. The molecule has 0 aliphatic carbocycles. The van der Waals surface area contributed by atoms with Gasteiger partial charge in [0.15, 0.2) is 5.82 Å². The molecule has 2 unspecified atom stereocenters. The monoisotopic (exact) mass is 401 g/mol. The van der Waals surface area contributed by atoms with Gasteiger partial charge in [0.1, 0.15) is 0 Å². The second kappa shape index (κ2) is 7.75. The predicted molar refractivity (Wildman–Crippen MR) is 100 cm³/mol. The van der Waals surface area contributed by atoms with Crippen molar-refractivity contribution in [2.75, 3.05) is 39.3 Å². The first-order valence-corrected chi connectivity index (χ1v) is 10.9. The number of hydrogen-bond acceptors (Lipinski definition) is 7. The summed E-state index contributed by atoms with van der Waals surface area (Å²) in [4.78, 5) is 6.62. The topological polar surface area (TPSA) is 92.0 Å². The van der Waals surface area contributed by atoms with Gasteiger partial charge in [0.05, 0.1) is 18.8 Å². The molecular weight excluding hydrogens is 370 g/mol. The first-order valence-electron chi connectivity index (χ1n) is 9.52. The molecule has 10 heteroatoms. The van der Waals surface area contributed by atoms with E-state index in [4.69, 9.17) is 9.26 Å². The number of hydrogen-bond donors (Lipinski definition) is 0. The summed E-state index contributed by atoms with van der Waals surface area (Å²) in [6.45, 7) is 13.5. The molecule has 2 atom stereocenters. The number of rotatable bonds is 4. The van der Waals surface area contributed by atoms with Crippen LogP contribution in [0.3, 0.4) is 0 Å². The smallest absolute Gasteiger partial charge is 0.282 e. The van der Waals surface area contributed by atoms with Gasteiger partial charge in [-0.05, 0) is 13.8 Å². The standard InChI is InChI=1S/C17H31N5O4S/c1-13-10-22(11-14(2)25-13)27(23,24)21-8-6-20(7-9-21)12-15-18-16(26-19-15)17(3,4)5/h13-14H,6-12H2,1-5H3. The lowest BCUT2D eigenvalue weighted by Crippen LogP contribution is -2.57. The van der Waals surface area contributed by atoms with Crippen molar-refractivity contribution < 1.29 is 17.7 Å². The number of aromatic nitrogens is 2. The van der Waals surface area contributed by atoms with Gasteiger partial charge in [0, 0.05) is 44.7 Å². The molecule has 0 saturated carbocycles. The van der Waals surface area contributed by atoms with Crippen LogP contribution in [-0.4, -0.2) is 83.5 Å². The summed E-state index contributed by atoms with van der Waals surface area (Å²) in [6, 6.07) is 0. The highest BCUT2D eigenvalue weighted by atomic mass is 32.2. The molecule has 27 heavy (non-hydrogen) atoms. The van der Waals surface area contributed by atoms with Gasteiger partial charge >= 0.3 is 0 Å². The van der Waals surface area contributed by atoms with Gasteiger partial charge in [-0.2, -0.15) is 22.0 Å². The Morgan fingerprint density at radius 2 is 1.63 bits per heavy atom. The average molecular weight is 402 g/mol. The number of ether oxygens (including phenoxy) is 1. The average Bonchev–Trinajstić information content (AvgIpc) is 3.03. The van der Waals surface area contributed by atoms with E-state index in [2.05, 4.69) is 15.0 Å². The Morgan fingerprint density at radius 1 is 1.04 bits per heavy atom. The molecule has 0 radical (unpaired) electrons. The summed E-state index contributed by atoms with van der Waals surface area (Å²) >= 11 is 0. The van der Waals surface area contributed by atoms with Gasteiger partial charge in [-0.25, -0.2) is 0 Å². The summed E-state index contributed by atoms with van der Waals surface area (Å²) in [7, 11) is -3.45. The quantitative estimate of drug-likeness (QED) is 0.738. The Bertz CT molecular complexity index is 727. The van der Waals surface area contributed by atoms with Crippen molar-refractivity contribution in [3.05, 3.63) is 11.7 Å². The minimum absolute atomic E-state index is 0.0833. The van der Waals surface area contributed by atoms with Gasteiger partial charge < -0.3 is 9.26 Å². The Labute approximate surface area is 161 Å². The lowest BCUT2D eigenvalue weighted by molar-refractivity contribution is -0.0457. The summed E-state index contributed by atoms with van der Waals surface area (Å²) in [5.41, 5.74) is -0.176. The maximum atomic E-state index is 12.9. The zero-order valence-electron chi connectivity index (χ0n) is 16.9. The highest BCUT2D eigenvalue weighted by Gasteiger charge is 2.36. The van der Waals surface area contributed by atoms with Crippen molar-refractivity contribution in [2.24, 2.45) is 0 Å². The molecule has 9 nitrogen and oxygen atoms in total. The molecule has 2 fully saturated rings. The lowest BCUT2D eigenvalue weighted by Gasteiger charge is -2.40. The molecule has 0 aromatic carbocycles. The molecule has 3 rings (SSSR count). The van der Waals surface area contributed by atoms with Crippen LogP contribution >= 0.6 is 0 Å². The van der Waals surface area contributed by atoms with Crippen LogP contribution in [0.2, 0.25) is 0 Å². The van der Waals surface area contributed by atoms with Crippen LogP contribution in [-0.2, 0) is 26.9 Å². The number of morpholine rings is 1. The number of piperazine rings is 1. The molecule has 0 spiro atoms. The van der Waals surface area contributed by atoms with Gasteiger partial charge in [0.25, 0.3) is 10.2 Å². The highest BCUT2D eigenvalue weighted by molar-refractivity contribution is 7.86. The maximum Gasteiger partial charge on any atom is 0.282 e. The molecule has 2 saturated heterocycles. The summed E-state index contributed by atoms with van der Waals surface area (Å²) in [6.07, 6.45) is -0.167. The molecule has 0 bridgehead atoms. The minimum Gasteiger partial charge on any atom is -0.373 e. The largest absolute Gasteiger partial charge is 0.373 e. The second-order valence-electron chi connectivity index (χ2n) is 8.52. The first-order chi connectivity index (χ1) is 12.6. The molecule has 0 N–H and O–H groups in total. The van der Waals surface area contributed by atoms with E-state index in [9.17, 15) is 8.42 Å². The number of nitrogens with zero attached hydrogens (tertiary/aromatic N) is 5. The Kier molecular flexibility index (Phi) is 5.93. The fourth-order valence-corrected chi connectivity index (χ4v) is 5.17.